The summed E-state index contributed by atoms with van der Waals surface area (Å²) < 4.78 is 6.48. The van der Waals surface area contributed by atoms with Crippen molar-refractivity contribution >= 4 is 39.0 Å². The molecule has 0 fully saturated rings. The number of fused-ring (bicyclic) bond motifs is 9. The van der Waals surface area contributed by atoms with E-state index in [4.69, 9.17) is 4.42 Å². The van der Waals surface area contributed by atoms with Gasteiger partial charge < -0.3 is 9.32 Å². The van der Waals surface area contributed by atoms with Crippen LogP contribution in [0.25, 0.3) is 66.4 Å². The van der Waals surface area contributed by atoms with Crippen LogP contribution in [0.15, 0.2) is 211 Å². The summed E-state index contributed by atoms with van der Waals surface area (Å²) in [6, 6.07) is 75.8. The second-order valence-electron chi connectivity index (χ2n) is 17.3. The average molecular weight is 782 g/mol. The van der Waals surface area contributed by atoms with Crippen molar-refractivity contribution in [2.45, 2.75) is 31.6 Å². The Morgan fingerprint density at radius 2 is 0.885 bits per heavy atom. The number of hydrogen-bond acceptors (Lipinski definition) is 2. The van der Waals surface area contributed by atoms with E-state index in [1.54, 1.807) is 0 Å². The molecule has 0 N–H and O–H groups in total. The number of rotatable bonds is 6. The van der Waals surface area contributed by atoms with Crippen molar-refractivity contribution < 1.29 is 4.42 Å². The number of furan rings is 1. The topological polar surface area (TPSA) is 16.4 Å². The van der Waals surface area contributed by atoms with Crippen LogP contribution in [0.4, 0.5) is 17.1 Å². The van der Waals surface area contributed by atoms with Crippen LogP contribution < -0.4 is 4.90 Å². The van der Waals surface area contributed by atoms with Gasteiger partial charge in [0.05, 0.1) is 11.4 Å². The van der Waals surface area contributed by atoms with Gasteiger partial charge in [-0.2, -0.15) is 0 Å². The molecule has 0 spiro atoms. The van der Waals surface area contributed by atoms with E-state index in [0.717, 1.165) is 50.1 Å². The van der Waals surface area contributed by atoms with E-state index in [1.807, 2.05) is 6.07 Å². The molecule has 12 rings (SSSR count). The zero-order chi connectivity index (χ0) is 40.9. The van der Waals surface area contributed by atoms with Crippen LogP contribution in [-0.2, 0) is 10.8 Å². The molecule has 2 nitrogen and oxygen atoms in total. The van der Waals surface area contributed by atoms with Crippen LogP contribution in [0, 0.1) is 0 Å². The SMILES string of the molecule is CC1(C)c2ccccc2-c2cccc(-c3ccccc3N(c3ccc4c(c3)C(C)(c3ccccc3)c3ccccc3-4)c3ccccc3-c3cccc4oc5ccccc5c34)c21. The summed E-state index contributed by atoms with van der Waals surface area (Å²) in [4.78, 5) is 2.52. The van der Waals surface area contributed by atoms with Crippen molar-refractivity contribution in [3.05, 3.63) is 234 Å². The van der Waals surface area contributed by atoms with Crippen molar-refractivity contribution in [1.82, 2.24) is 0 Å². The van der Waals surface area contributed by atoms with E-state index in [2.05, 4.69) is 226 Å². The van der Waals surface area contributed by atoms with Gasteiger partial charge in [0.25, 0.3) is 0 Å². The van der Waals surface area contributed by atoms with Gasteiger partial charge in [-0.15, -0.1) is 0 Å². The highest BCUT2D eigenvalue weighted by molar-refractivity contribution is 6.14. The molecule has 1 heterocycles. The van der Waals surface area contributed by atoms with Crippen LogP contribution in [0.1, 0.15) is 48.6 Å². The summed E-state index contributed by atoms with van der Waals surface area (Å²) in [5, 5.41) is 2.24. The second kappa shape index (κ2) is 13.3. The number of hydrogen-bond donors (Lipinski definition) is 0. The standard InChI is InChI=1S/C59H43NO/c1-58(2)49-29-12-7-22-41(49)46-27-17-28-47(57(46)58)44-24-10-15-32-53(44)60(52-31-14-9-23-43(52)45-26-18-34-55-56(45)48-25-11-16-33-54(48)61-55)39-35-36-42-40-21-8-13-30-50(40)59(3,51(42)37-39)38-19-5-4-6-20-38/h4-37H,1-3H3. The monoisotopic (exact) mass is 781 g/mol. The van der Waals surface area contributed by atoms with E-state index < -0.39 is 0 Å². The predicted octanol–water partition coefficient (Wildman–Crippen LogP) is 16.0. The summed E-state index contributed by atoms with van der Waals surface area (Å²) in [6.07, 6.45) is 0. The van der Waals surface area contributed by atoms with Crippen LogP contribution >= 0.6 is 0 Å². The van der Waals surface area contributed by atoms with E-state index >= 15 is 0 Å². The minimum Gasteiger partial charge on any atom is -0.456 e. The van der Waals surface area contributed by atoms with Crippen LogP contribution in [0.3, 0.4) is 0 Å². The van der Waals surface area contributed by atoms with E-state index in [-0.39, 0.29) is 10.8 Å². The highest BCUT2D eigenvalue weighted by Gasteiger charge is 2.42. The molecule has 290 valence electrons. The summed E-state index contributed by atoms with van der Waals surface area (Å²) in [6.45, 7) is 7.17. The minimum atomic E-state index is -0.356. The number of anilines is 3. The fourth-order valence-electron chi connectivity index (χ4n) is 11.0. The Bertz CT molecular complexity index is 3370. The third-order valence-electron chi connectivity index (χ3n) is 13.8. The molecule has 0 amide bonds. The summed E-state index contributed by atoms with van der Waals surface area (Å²) >= 11 is 0. The molecule has 0 saturated carbocycles. The van der Waals surface area contributed by atoms with E-state index in [0.29, 0.717) is 0 Å². The molecular weight excluding hydrogens is 739 g/mol. The molecule has 1 unspecified atom stereocenters. The second-order valence-corrected chi connectivity index (χ2v) is 17.3. The van der Waals surface area contributed by atoms with Gasteiger partial charge in [-0.05, 0) is 105 Å². The fraction of sp³-hybridized carbons (Fsp3) is 0.0847. The maximum Gasteiger partial charge on any atom is 0.136 e. The molecule has 9 aromatic carbocycles. The first-order chi connectivity index (χ1) is 29.9. The molecule has 0 bridgehead atoms. The Hall–Kier alpha value is -7.42. The van der Waals surface area contributed by atoms with E-state index in [9.17, 15) is 0 Å². The van der Waals surface area contributed by atoms with Gasteiger partial charge in [-0.1, -0.05) is 184 Å². The molecule has 1 atom stereocenters. The van der Waals surface area contributed by atoms with Crippen molar-refractivity contribution in [3.8, 4) is 44.5 Å². The molecule has 2 heteroatoms. The van der Waals surface area contributed by atoms with E-state index in [1.165, 1.54) is 61.2 Å². The lowest BCUT2D eigenvalue weighted by Crippen LogP contribution is -2.23. The maximum atomic E-state index is 6.48. The van der Waals surface area contributed by atoms with Gasteiger partial charge in [0.1, 0.15) is 11.2 Å². The molecule has 0 aliphatic heterocycles. The smallest absolute Gasteiger partial charge is 0.136 e. The largest absolute Gasteiger partial charge is 0.456 e. The zero-order valence-corrected chi connectivity index (χ0v) is 34.5. The fourth-order valence-corrected chi connectivity index (χ4v) is 11.0. The lowest BCUT2D eigenvalue weighted by Gasteiger charge is -2.33. The number of nitrogens with zero attached hydrogens (tertiary/aromatic N) is 1. The lowest BCUT2D eigenvalue weighted by molar-refractivity contribution is 0.662. The minimum absolute atomic E-state index is 0.187. The molecule has 10 aromatic rings. The Labute approximate surface area is 357 Å². The molecule has 2 aliphatic carbocycles. The van der Waals surface area contributed by atoms with Crippen LogP contribution in [-0.4, -0.2) is 0 Å². The van der Waals surface area contributed by atoms with Crippen molar-refractivity contribution in [2.75, 3.05) is 4.90 Å². The first kappa shape index (κ1) is 35.5. The summed E-state index contributed by atoms with van der Waals surface area (Å²) in [5.74, 6) is 0. The maximum absolute atomic E-state index is 6.48. The zero-order valence-electron chi connectivity index (χ0n) is 34.5. The highest BCUT2D eigenvalue weighted by Crippen LogP contribution is 2.57. The van der Waals surface area contributed by atoms with Gasteiger partial charge in [-0.3, -0.25) is 0 Å². The normalized spacial score (nSPS) is 15.7. The van der Waals surface area contributed by atoms with Crippen LogP contribution in [0.5, 0.6) is 0 Å². The molecule has 0 radical (unpaired) electrons. The number of benzene rings is 9. The third kappa shape index (κ3) is 5.09. The van der Waals surface area contributed by atoms with Gasteiger partial charge in [-0.25, -0.2) is 0 Å². The number of para-hydroxylation sites is 3. The van der Waals surface area contributed by atoms with Crippen molar-refractivity contribution in [1.29, 1.82) is 0 Å². The lowest BCUT2D eigenvalue weighted by atomic mass is 9.74. The van der Waals surface area contributed by atoms with Gasteiger partial charge >= 0.3 is 0 Å². The van der Waals surface area contributed by atoms with Gasteiger partial charge in [0, 0.05) is 38.4 Å². The Morgan fingerprint density at radius 3 is 1.64 bits per heavy atom. The molecule has 61 heavy (non-hydrogen) atoms. The molecule has 1 aromatic heterocycles. The van der Waals surface area contributed by atoms with Crippen LogP contribution in [0.2, 0.25) is 0 Å². The van der Waals surface area contributed by atoms with Crippen molar-refractivity contribution in [3.63, 3.8) is 0 Å². The summed E-state index contributed by atoms with van der Waals surface area (Å²) in [5.41, 5.74) is 21.1. The van der Waals surface area contributed by atoms with Gasteiger partial charge in [0.15, 0.2) is 0 Å². The first-order valence-electron chi connectivity index (χ1n) is 21.4. The van der Waals surface area contributed by atoms with Gasteiger partial charge in [0.2, 0.25) is 0 Å². The Balaban J connectivity index is 1.15. The summed E-state index contributed by atoms with van der Waals surface area (Å²) in [7, 11) is 0. The molecule has 0 saturated heterocycles. The Morgan fingerprint density at radius 1 is 0.377 bits per heavy atom. The predicted molar refractivity (Wildman–Crippen MR) is 254 cm³/mol. The third-order valence-corrected chi connectivity index (χ3v) is 13.8. The average Bonchev–Trinajstić information content (AvgIpc) is 3.91. The quantitative estimate of drug-likeness (QED) is 0.167. The molecule has 2 aliphatic rings. The molecular formula is C59H43NO. The Kier molecular flexibility index (Phi) is 7.74. The van der Waals surface area contributed by atoms with Crippen molar-refractivity contribution in [2.24, 2.45) is 0 Å². The highest BCUT2D eigenvalue weighted by atomic mass is 16.3. The first-order valence-corrected chi connectivity index (χ1v) is 21.4.